The van der Waals surface area contributed by atoms with E-state index in [9.17, 15) is 17.6 Å². The van der Waals surface area contributed by atoms with E-state index >= 15 is 0 Å². The van der Waals surface area contributed by atoms with Crippen molar-refractivity contribution in [3.8, 4) is 0 Å². The van der Waals surface area contributed by atoms with Crippen LogP contribution in [0, 0.1) is 23.6 Å². The zero-order valence-electron chi connectivity index (χ0n) is 14.6. The van der Waals surface area contributed by atoms with Crippen LogP contribution in [-0.4, -0.2) is 55.8 Å². The number of rotatable bonds is 3. The van der Waals surface area contributed by atoms with E-state index < -0.39 is 15.8 Å². The minimum absolute atomic E-state index is 0.0535. The van der Waals surface area contributed by atoms with Crippen molar-refractivity contribution >= 4 is 15.9 Å². The summed E-state index contributed by atoms with van der Waals surface area (Å²) in [4.78, 5) is 14.7. The van der Waals surface area contributed by atoms with Crippen molar-refractivity contribution in [1.29, 1.82) is 0 Å². The number of carbonyl (C=O) groups is 1. The Hall–Kier alpha value is -1.51. The predicted octanol–water partition coefficient (Wildman–Crippen LogP) is 1.03. The van der Waals surface area contributed by atoms with Crippen LogP contribution in [0.5, 0.6) is 0 Å². The van der Waals surface area contributed by atoms with Crippen molar-refractivity contribution in [1.82, 2.24) is 9.21 Å². The molecular formula is C18H24FN3O3S. The van der Waals surface area contributed by atoms with Crippen molar-refractivity contribution < 1.29 is 17.6 Å². The van der Waals surface area contributed by atoms with Crippen molar-refractivity contribution in [3.63, 3.8) is 0 Å². The molecule has 2 N–H and O–H groups in total. The highest BCUT2D eigenvalue weighted by molar-refractivity contribution is 7.89. The van der Waals surface area contributed by atoms with Crippen LogP contribution in [0.2, 0.25) is 0 Å². The highest BCUT2D eigenvalue weighted by Gasteiger charge is 2.50. The van der Waals surface area contributed by atoms with E-state index in [1.54, 1.807) is 4.90 Å². The molecule has 1 heterocycles. The molecule has 0 spiro atoms. The van der Waals surface area contributed by atoms with E-state index in [2.05, 4.69) is 0 Å². The number of amides is 1. The van der Waals surface area contributed by atoms with Crippen molar-refractivity contribution in [2.45, 2.75) is 30.2 Å². The monoisotopic (exact) mass is 381 g/mol. The summed E-state index contributed by atoms with van der Waals surface area (Å²) in [5.41, 5.74) is 6.27. The maximum Gasteiger partial charge on any atom is 0.243 e. The topological polar surface area (TPSA) is 83.7 Å². The summed E-state index contributed by atoms with van der Waals surface area (Å²) in [5, 5.41) is 0. The molecule has 1 amide bonds. The first kappa shape index (κ1) is 17.9. The molecule has 6 nitrogen and oxygen atoms in total. The summed E-state index contributed by atoms with van der Waals surface area (Å²) in [6, 6.07) is 4.78. The zero-order valence-corrected chi connectivity index (χ0v) is 15.4. The molecule has 2 bridgehead atoms. The molecular weight excluding hydrogens is 357 g/mol. The quantitative estimate of drug-likeness (QED) is 0.848. The number of hydrogen-bond acceptors (Lipinski definition) is 4. The Bertz CT molecular complexity index is 788. The zero-order chi connectivity index (χ0) is 18.5. The summed E-state index contributed by atoms with van der Waals surface area (Å²) in [5.74, 6) is 0.372. The first-order valence-electron chi connectivity index (χ1n) is 9.18. The number of sulfonamides is 1. The smallest absolute Gasteiger partial charge is 0.243 e. The van der Waals surface area contributed by atoms with E-state index in [0.29, 0.717) is 24.9 Å². The van der Waals surface area contributed by atoms with E-state index in [1.165, 1.54) is 16.4 Å². The Morgan fingerprint density at radius 1 is 1.04 bits per heavy atom. The minimum atomic E-state index is -3.66. The molecule has 0 radical (unpaired) electrons. The molecule has 4 atom stereocenters. The number of nitrogens with zero attached hydrogens (tertiary/aromatic N) is 2. The van der Waals surface area contributed by atoms with Gasteiger partial charge in [0.2, 0.25) is 15.9 Å². The van der Waals surface area contributed by atoms with Gasteiger partial charge in [-0.25, -0.2) is 12.8 Å². The Labute approximate surface area is 153 Å². The Balaban J connectivity index is 1.41. The molecule has 1 aromatic rings. The molecule has 3 fully saturated rings. The first-order chi connectivity index (χ1) is 12.4. The van der Waals surface area contributed by atoms with Crippen LogP contribution in [0.4, 0.5) is 4.39 Å². The maximum atomic E-state index is 13.0. The lowest BCUT2D eigenvalue weighted by Crippen LogP contribution is -2.54. The molecule has 1 aromatic carbocycles. The van der Waals surface area contributed by atoms with Crippen LogP contribution in [0.15, 0.2) is 29.2 Å². The van der Waals surface area contributed by atoms with Gasteiger partial charge in [-0.1, -0.05) is 0 Å². The fourth-order valence-corrected chi connectivity index (χ4v) is 6.24. The fraction of sp³-hybridized carbons (Fsp3) is 0.611. The van der Waals surface area contributed by atoms with E-state index in [1.807, 2.05) is 0 Å². The molecule has 8 heteroatoms. The van der Waals surface area contributed by atoms with Crippen LogP contribution in [0.3, 0.4) is 0 Å². The second kappa shape index (κ2) is 6.58. The highest BCUT2D eigenvalue weighted by atomic mass is 32.2. The lowest BCUT2D eigenvalue weighted by molar-refractivity contribution is -0.139. The molecule has 26 heavy (non-hydrogen) atoms. The number of benzene rings is 1. The third-order valence-corrected chi connectivity index (χ3v) is 8.18. The molecule has 4 unspecified atom stereocenters. The van der Waals surface area contributed by atoms with Crippen LogP contribution < -0.4 is 5.73 Å². The van der Waals surface area contributed by atoms with Gasteiger partial charge in [-0.2, -0.15) is 4.31 Å². The lowest BCUT2D eigenvalue weighted by Gasteiger charge is -2.38. The fourth-order valence-electron chi connectivity index (χ4n) is 4.82. The van der Waals surface area contributed by atoms with Crippen LogP contribution in [-0.2, 0) is 14.8 Å². The van der Waals surface area contributed by atoms with Gasteiger partial charge in [0.1, 0.15) is 5.82 Å². The van der Waals surface area contributed by atoms with Gasteiger partial charge in [0.25, 0.3) is 0 Å². The number of halogens is 1. The Kier molecular flexibility index (Phi) is 4.53. The molecule has 2 saturated carbocycles. The molecule has 1 aliphatic heterocycles. The standard InChI is InChI=1S/C18H24FN3O3S/c19-14-3-5-15(6-4-14)26(24,25)22-9-7-21(8-10-22)18(23)16-12-1-2-13(11-12)17(16)20/h3-6,12-13,16-17H,1-2,7-11,20H2. The second-order valence-electron chi connectivity index (χ2n) is 7.62. The number of piperazine rings is 1. The summed E-state index contributed by atoms with van der Waals surface area (Å²) in [6.45, 7) is 1.25. The minimum Gasteiger partial charge on any atom is -0.340 e. The van der Waals surface area contributed by atoms with Gasteiger partial charge in [-0.15, -0.1) is 0 Å². The van der Waals surface area contributed by atoms with Gasteiger partial charge >= 0.3 is 0 Å². The Morgan fingerprint density at radius 2 is 1.65 bits per heavy atom. The maximum absolute atomic E-state index is 13.0. The van der Waals surface area contributed by atoms with Crippen molar-refractivity contribution in [2.75, 3.05) is 26.2 Å². The molecule has 3 aliphatic rings. The van der Waals surface area contributed by atoms with Gasteiger partial charge in [0.05, 0.1) is 10.8 Å². The third kappa shape index (κ3) is 2.93. The van der Waals surface area contributed by atoms with E-state index in [-0.39, 0.29) is 35.9 Å². The molecule has 4 rings (SSSR count). The summed E-state index contributed by atoms with van der Waals surface area (Å²) in [7, 11) is -3.66. The average Bonchev–Trinajstić information content (AvgIpc) is 3.23. The van der Waals surface area contributed by atoms with Crippen molar-refractivity contribution in [2.24, 2.45) is 23.5 Å². The average molecular weight is 381 g/mol. The van der Waals surface area contributed by atoms with Gasteiger partial charge < -0.3 is 10.6 Å². The van der Waals surface area contributed by atoms with Crippen LogP contribution in [0.25, 0.3) is 0 Å². The highest BCUT2D eigenvalue weighted by Crippen LogP contribution is 2.48. The summed E-state index contributed by atoms with van der Waals surface area (Å²) < 4.78 is 39.7. The third-order valence-electron chi connectivity index (χ3n) is 6.27. The summed E-state index contributed by atoms with van der Waals surface area (Å²) in [6.07, 6.45) is 3.25. The molecule has 0 aromatic heterocycles. The van der Waals surface area contributed by atoms with Gasteiger partial charge in [0.15, 0.2) is 0 Å². The van der Waals surface area contributed by atoms with Gasteiger partial charge in [-0.05, 0) is 55.4 Å². The Morgan fingerprint density at radius 3 is 2.23 bits per heavy atom. The SMILES string of the molecule is NC1C2CCC(C2)C1C(=O)N1CCN(S(=O)(=O)c2ccc(F)cc2)CC1. The van der Waals surface area contributed by atoms with E-state index in [4.69, 9.17) is 5.73 Å². The van der Waals surface area contributed by atoms with E-state index in [0.717, 1.165) is 31.4 Å². The van der Waals surface area contributed by atoms with Gasteiger partial charge in [0, 0.05) is 32.2 Å². The number of hydrogen-bond donors (Lipinski definition) is 1. The summed E-state index contributed by atoms with van der Waals surface area (Å²) >= 11 is 0. The lowest BCUT2D eigenvalue weighted by atomic mass is 9.84. The second-order valence-corrected chi connectivity index (χ2v) is 9.56. The molecule has 2 aliphatic carbocycles. The number of nitrogens with two attached hydrogens (primary N) is 1. The molecule has 142 valence electrons. The largest absolute Gasteiger partial charge is 0.340 e. The van der Waals surface area contributed by atoms with Crippen LogP contribution >= 0.6 is 0 Å². The van der Waals surface area contributed by atoms with Gasteiger partial charge in [-0.3, -0.25) is 4.79 Å². The van der Waals surface area contributed by atoms with Crippen molar-refractivity contribution in [3.05, 3.63) is 30.1 Å². The normalized spacial score (nSPS) is 32.2. The number of fused-ring (bicyclic) bond motifs is 2. The number of carbonyl (C=O) groups excluding carboxylic acids is 1. The van der Waals surface area contributed by atoms with Crippen LogP contribution in [0.1, 0.15) is 19.3 Å². The predicted molar refractivity (Wildman–Crippen MR) is 94.0 cm³/mol. The molecule has 1 saturated heterocycles. The first-order valence-corrected chi connectivity index (χ1v) is 10.6.